The van der Waals surface area contributed by atoms with Gasteiger partial charge in [-0.2, -0.15) is 0 Å². The van der Waals surface area contributed by atoms with Crippen molar-refractivity contribution in [2.45, 2.75) is 13.3 Å². The highest BCUT2D eigenvalue weighted by molar-refractivity contribution is 6.37. The number of aryl methyl sites for hydroxylation is 1. The number of carboxylic acid groups (broad SMARTS) is 1. The number of benzene rings is 3. The number of carbonyl (C=O) groups is 4. The summed E-state index contributed by atoms with van der Waals surface area (Å²) >= 11 is 0. The van der Waals surface area contributed by atoms with Gasteiger partial charge in [0.15, 0.2) is 0 Å². The largest absolute Gasteiger partial charge is 0.478 e. The van der Waals surface area contributed by atoms with Crippen LogP contribution in [0.25, 0.3) is 11.3 Å². The molecule has 1 fully saturated rings. The summed E-state index contributed by atoms with van der Waals surface area (Å²) in [6.07, 6.45) is 0.495. The van der Waals surface area contributed by atoms with Crippen LogP contribution in [-0.2, 0) is 20.8 Å². The first-order valence-corrected chi connectivity index (χ1v) is 15.2. The fraction of sp³-hybridized carbons (Fsp3) is 0.294. The maximum Gasteiger partial charge on any atom is 0.336 e. The maximum atomic E-state index is 13.3. The van der Waals surface area contributed by atoms with Gasteiger partial charge in [0.05, 0.1) is 35.7 Å². The zero-order valence-electron chi connectivity index (χ0n) is 25.9. The molecule has 0 atom stereocenters. The van der Waals surface area contributed by atoms with E-state index in [9.17, 15) is 24.3 Å². The summed E-state index contributed by atoms with van der Waals surface area (Å²) in [6.45, 7) is 6.49. The lowest BCUT2D eigenvalue weighted by molar-refractivity contribution is -0.122. The Balaban J connectivity index is 1.24. The minimum atomic E-state index is -1.05. The van der Waals surface area contributed by atoms with E-state index < -0.39 is 5.97 Å². The van der Waals surface area contributed by atoms with Crippen LogP contribution in [0.5, 0.6) is 0 Å². The Labute approximate surface area is 267 Å². The summed E-state index contributed by atoms with van der Waals surface area (Å²) in [5.41, 5.74) is 7.13. The van der Waals surface area contributed by atoms with Gasteiger partial charge in [0.1, 0.15) is 0 Å². The smallest absolute Gasteiger partial charge is 0.336 e. The quantitative estimate of drug-likeness (QED) is 0.116. The average molecular weight is 627 g/mol. The van der Waals surface area contributed by atoms with Crippen molar-refractivity contribution in [1.82, 2.24) is 20.6 Å². The second-order valence-electron chi connectivity index (χ2n) is 11.1. The Bertz CT molecular complexity index is 1630. The summed E-state index contributed by atoms with van der Waals surface area (Å²) in [5.74, 6) is -1.76. The number of rotatable bonds is 12. The van der Waals surface area contributed by atoms with E-state index in [0.717, 1.165) is 31.7 Å². The molecule has 3 aromatic carbocycles. The Morgan fingerprint density at radius 1 is 0.935 bits per heavy atom. The minimum Gasteiger partial charge on any atom is -0.478 e. The van der Waals surface area contributed by atoms with E-state index in [-0.39, 0.29) is 23.3 Å². The van der Waals surface area contributed by atoms with Crippen molar-refractivity contribution in [1.29, 1.82) is 0 Å². The molecular weight excluding hydrogens is 588 g/mol. The van der Waals surface area contributed by atoms with Crippen LogP contribution in [0.4, 0.5) is 11.4 Å². The number of hydroxylamine groups is 1. The van der Waals surface area contributed by atoms with Gasteiger partial charge in [-0.25, -0.2) is 10.3 Å². The van der Waals surface area contributed by atoms with Crippen molar-refractivity contribution >= 4 is 46.3 Å². The van der Waals surface area contributed by atoms with Gasteiger partial charge in [0, 0.05) is 56.6 Å². The number of nitrogens with one attached hydrogen (secondary N) is 4. The van der Waals surface area contributed by atoms with Gasteiger partial charge in [-0.05, 0) is 53.9 Å². The number of aromatic carboxylic acids is 1. The highest BCUT2D eigenvalue weighted by Crippen LogP contribution is 2.39. The molecule has 1 saturated heterocycles. The number of hydrogen-bond acceptors (Lipinski definition) is 8. The summed E-state index contributed by atoms with van der Waals surface area (Å²) in [7, 11) is 1.63. The lowest BCUT2D eigenvalue weighted by Crippen LogP contribution is -2.50. The summed E-state index contributed by atoms with van der Waals surface area (Å²) < 4.78 is 0. The third kappa shape index (κ3) is 7.60. The first-order valence-electron chi connectivity index (χ1n) is 15.2. The molecule has 2 aliphatic rings. The molecule has 5 rings (SSSR count). The van der Waals surface area contributed by atoms with Crippen LogP contribution in [0.2, 0.25) is 0 Å². The number of nitrogens with zero attached hydrogens (tertiary/aromatic N) is 2. The molecule has 5 N–H and O–H groups in total. The molecule has 0 aromatic heterocycles. The third-order valence-electron chi connectivity index (χ3n) is 8.11. The normalized spacial score (nSPS) is 15.9. The molecule has 12 heteroatoms. The van der Waals surface area contributed by atoms with Crippen molar-refractivity contribution in [3.05, 3.63) is 94.5 Å². The molecule has 0 saturated carbocycles. The number of hydrogen-bond donors (Lipinski definition) is 5. The summed E-state index contributed by atoms with van der Waals surface area (Å²) in [5, 5.41) is 18.5. The molecule has 0 unspecified atom stereocenters. The molecule has 46 heavy (non-hydrogen) atoms. The molecule has 3 aromatic rings. The standard InChI is InChI=1S/C34H38N6O6/c1-3-22-19-27-28(20-26(22)34(44)45)37-33(43)30(27)31(23-7-5-4-6-8-23)36-25-11-9-24(10-12-25)32(42)38-46-18-17-39-13-15-40(16-14-39)21-29(41)35-2/h4-12,19-20,36H,3,13-18,21H2,1-2H3,(H,35,41)(H,37,43)(H,38,42)(H,44,45). The topological polar surface area (TPSA) is 152 Å². The van der Waals surface area contributed by atoms with Crippen LogP contribution in [0.15, 0.2) is 66.7 Å². The van der Waals surface area contributed by atoms with E-state index in [1.807, 2.05) is 37.3 Å². The second kappa shape index (κ2) is 14.8. The maximum absolute atomic E-state index is 13.3. The van der Waals surface area contributed by atoms with Gasteiger partial charge in [-0.3, -0.25) is 29.0 Å². The van der Waals surface area contributed by atoms with Crippen LogP contribution >= 0.6 is 0 Å². The van der Waals surface area contributed by atoms with Crippen LogP contribution in [0.3, 0.4) is 0 Å². The van der Waals surface area contributed by atoms with Gasteiger partial charge >= 0.3 is 5.97 Å². The van der Waals surface area contributed by atoms with E-state index in [2.05, 4.69) is 31.2 Å². The molecule has 0 bridgehead atoms. The molecular formula is C34H38N6O6. The molecule has 0 spiro atoms. The highest BCUT2D eigenvalue weighted by Gasteiger charge is 2.30. The van der Waals surface area contributed by atoms with Gasteiger partial charge in [-0.15, -0.1) is 0 Å². The Morgan fingerprint density at radius 3 is 2.28 bits per heavy atom. The van der Waals surface area contributed by atoms with Crippen LogP contribution in [0.1, 0.15) is 44.3 Å². The van der Waals surface area contributed by atoms with Crippen molar-refractivity contribution in [3.63, 3.8) is 0 Å². The fourth-order valence-electron chi connectivity index (χ4n) is 5.54. The van der Waals surface area contributed by atoms with Crippen LogP contribution < -0.4 is 21.4 Å². The zero-order chi connectivity index (χ0) is 32.6. The van der Waals surface area contributed by atoms with Gasteiger partial charge < -0.3 is 21.1 Å². The lowest BCUT2D eigenvalue weighted by atomic mass is 9.95. The number of likely N-dealkylation sites (N-methyl/N-ethyl adjacent to an activating group) is 1. The Morgan fingerprint density at radius 2 is 1.63 bits per heavy atom. The SMILES string of the molecule is CCc1cc2c(cc1C(=O)O)NC(=O)C2=C(Nc1ccc(C(=O)NOCCN2CCN(CC(=O)NC)CC2)cc1)c1ccccc1. The zero-order valence-corrected chi connectivity index (χ0v) is 25.9. The van der Waals surface area contributed by atoms with E-state index >= 15 is 0 Å². The number of carbonyl (C=O) groups excluding carboxylic acids is 3. The van der Waals surface area contributed by atoms with Crippen LogP contribution in [-0.4, -0.2) is 91.5 Å². The number of carboxylic acids is 1. The number of piperazine rings is 1. The van der Waals surface area contributed by atoms with E-state index in [0.29, 0.717) is 65.5 Å². The number of amides is 3. The molecule has 2 heterocycles. The minimum absolute atomic E-state index is 0.00656. The Kier molecular flexibility index (Phi) is 10.4. The second-order valence-corrected chi connectivity index (χ2v) is 11.1. The highest BCUT2D eigenvalue weighted by atomic mass is 16.7. The summed E-state index contributed by atoms with van der Waals surface area (Å²) in [4.78, 5) is 59.2. The predicted octanol–water partition coefficient (Wildman–Crippen LogP) is 2.90. The van der Waals surface area contributed by atoms with E-state index in [1.165, 1.54) is 6.07 Å². The van der Waals surface area contributed by atoms with Gasteiger partial charge in [0.2, 0.25) is 5.91 Å². The molecule has 0 aliphatic carbocycles. The average Bonchev–Trinajstić information content (AvgIpc) is 3.40. The fourth-order valence-corrected chi connectivity index (χ4v) is 5.54. The van der Waals surface area contributed by atoms with E-state index in [4.69, 9.17) is 4.84 Å². The van der Waals surface area contributed by atoms with Crippen molar-refractivity contribution < 1.29 is 29.1 Å². The van der Waals surface area contributed by atoms with E-state index in [1.54, 1.807) is 37.4 Å². The predicted molar refractivity (Wildman–Crippen MR) is 175 cm³/mol. The van der Waals surface area contributed by atoms with Gasteiger partial charge in [0.25, 0.3) is 11.8 Å². The number of fused-ring (bicyclic) bond motifs is 1. The van der Waals surface area contributed by atoms with Gasteiger partial charge in [-0.1, -0.05) is 37.3 Å². The molecule has 0 radical (unpaired) electrons. The third-order valence-corrected chi connectivity index (χ3v) is 8.11. The van der Waals surface area contributed by atoms with Crippen molar-refractivity contribution in [2.75, 3.05) is 63.6 Å². The van der Waals surface area contributed by atoms with Crippen molar-refractivity contribution in [3.8, 4) is 0 Å². The monoisotopic (exact) mass is 626 g/mol. The first kappa shape index (κ1) is 32.4. The first-order chi connectivity index (χ1) is 22.3. The molecule has 2 aliphatic heterocycles. The van der Waals surface area contributed by atoms with Crippen molar-refractivity contribution in [2.24, 2.45) is 0 Å². The molecule has 3 amide bonds. The van der Waals surface area contributed by atoms with Crippen LogP contribution in [0, 0.1) is 0 Å². The molecule has 12 nitrogen and oxygen atoms in total. The molecule has 240 valence electrons. The lowest BCUT2D eigenvalue weighted by Gasteiger charge is -2.33. The Hall–Kier alpha value is -5.04. The summed E-state index contributed by atoms with van der Waals surface area (Å²) in [6, 6.07) is 19.5. The number of anilines is 2.